The first-order valence-corrected chi connectivity index (χ1v) is 8.33. The van der Waals surface area contributed by atoms with E-state index in [1.54, 1.807) is 37.4 Å². The zero-order valence-corrected chi connectivity index (χ0v) is 14.7. The van der Waals surface area contributed by atoms with Crippen LogP contribution < -0.4 is 10.1 Å². The van der Waals surface area contributed by atoms with Gasteiger partial charge in [0.15, 0.2) is 28.6 Å². The SMILES string of the molecule is COc1cccc2cc(C(=O)Nc3ccc4oc(C(C)C)nc4c3)oc12. The number of benzene rings is 2. The van der Waals surface area contributed by atoms with Crippen molar-refractivity contribution >= 4 is 33.7 Å². The van der Waals surface area contributed by atoms with Crippen LogP contribution in [0.3, 0.4) is 0 Å². The van der Waals surface area contributed by atoms with Crippen LogP contribution in [0.5, 0.6) is 5.75 Å². The molecule has 0 bridgehead atoms. The number of ether oxygens (including phenoxy) is 1. The Balaban J connectivity index is 1.62. The zero-order chi connectivity index (χ0) is 18.3. The summed E-state index contributed by atoms with van der Waals surface area (Å²) in [5.74, 6) is 1.34. The largest absolute Gasteiger partial charge is 0.493 e. The number of fused-ring (bicyclic) bond motifs is 2. The van der Waals surface area contributed by atoms with Gasteiger partial charge in [-0.3, -0.25) is 4.79 Å². The van der Waals surface area contributed by atoms with Crippen LogP contribution in [0.25, 0.3) is 22.1 Å². The van der Waals surface area contributed by atoms with Gasteiger partial charge in [-0.2, -0.15) is 0 Å². The number of carbonyl (C=O) groups is 1. The second-order valence-corrected chi connectivity index (χ2v) is 6.33. The number of carbonyl (C=O) groups excluding carboxylic acids is 1. The van der Waals surface area contributed by atoms with E-state index in [1.807, 2.05) is 26.0 Å². The molecule has 0 aliphatic rings. The van der Waals surface area contributed by atoms with E-state index >= 15 is 0 Å². The molecular weight excluding hydrogens is 332 g/mol. The van der Waals surface area contributed by atoms with Crippen molar-refractivity contribution in [3.8, 4) is 5.75 Å². The summed E-state index contributed by atoms with van der Waals surface area (Å²) in [7, 11) is 1.57. The summed E-state index contributed by atoms with van der Waals surface area (Å²) in [6, 6.07) is 12.6. The number of rotatable bonds is 4. The summed E-state index contributed by atoms with van der Waals surface area (Å²) in [6.45, 7) is 4.03. The van der Waals surface area contributed by atoms with Crippen molar-refractivity contribution in [2.24, 2.45) is 0 Å². The number of methoxy groups -OCH3 is 1. The number of nitrogens with one attached hydrogen (secondary N) is 1. The van der Waals surface area contributed by atoms with Gasteiger partial charge in [-0.25, -0.2) is 4.98 Å². The van der Waals surface area contributed by atoms with E-state index < -0.39 is 0 Å². The van der Waals surface area contributed by atoms with Crippen molar-refractivity contribution in [2.45, 2.75) is 19.8 Å². The quantitative estimate of drug-likeness (QED) is 0.563. The van der Waals surface area contributed by atoms with Gasteiger partial charge in [0.1, 0.15) is 5.52 Å². The topological polar surface area (TPSA) is 77.5 Å². The third-order valence-corrected chi connectivity index (χ3v) is 4.11. The standard InChI is InChI=1S/C20H18N2O4/c1-11(2)20-22-14-10-13(7-8-15(14)26-20)21-19(23)17-9-12-5-4-6-16(24-3)18(12)25-17/h4-11H,1-3H3,(H,21,23). The van der Waals surface area contributed by atoms with E-state index in [0.29, 0.717) is 34.0 Å². The molecule has 0 saturated heterocycles. The number of hydrogen-bond donors (Lipinski definition) is 1. The van der Waals surface area contributed by atoms with E-state index in [2.05, 4.69) is 10.3 Å². The van der Waals surface area contributed by atoms with Crippen molar-refractivity contribution in [3.05, 3.63) is 54.1 Å². The average molecular weight is 350 g/mol. The van der Waals surface area contributed by atoms with Crippen LogP contribution in [0.15, 0.2) is 51.3 Å². The predicted octanol–water partition coefficient (Wildman–Crippen LogP) is 4.96. The lowest BCUT2D eigenvalue weighted by Crippen LogP contribution is -2.10. The van der Waals surface area contributed by atoms with Gasteiger partial charge in [-0.1, -0.05) is 26.0 Å². The van der Waals surface area contributed by atoms with Gasteiger partial charge >= 0.3 is 0 Å². The Morgan fingerprint density at radius 2 is 2.00 bits per heavy atom. The number of aromatic nitrogens is 1. The molecule has 0 aliphatic heterocycles. The molecule has 2 aromatic heterocycles. The molecule has 2 aromatic carbocycles. The van der Waals surface area contributed by atoms with E-state index in [4.69, 9.17) is 13.6 Å². The summed E-state index contributed by atoms with van der Waals surface area (Å²) in [5, 5.41) is 3.64. The highest BCUT2D eigenvalue weighted by Gasteiger charge is 2.16. The first-order chi connectivity index (χ1) is 12.5. The van der Waals surface area contributed by atoms with Crippen molar-refractivity contribution in [3.63, 3.8) is 0 Å². The monoisotopic (exact) mass is 350 g/mol. The molecule has 0 spiro atoms. The Morgan fingerprint density at radius 3 is 2.77 bits per heavy atom. The minimum Gasteiger partial charge on any atom is -0.493 e. The first-order valence-electron chi connectivity index (χ1n) is 8.33. The van der Waals surface area contributed by atoms with Crippen LogP contribution in [0.2, 0.25) is 0 Å². The molecule has 0 saturated carbocycles. The average Bonchev–Trinajstić information content (AvgIpc) is 3.25. The Bertz CT molecular complexity index is 1110. The number of nitrogens with zero attached hydrogens (tertiary/aromatic N) is 1. The van der Waals surface area contributed by atoms with E-state index in [-0.39, 0.29) is 17.6 Å². The first kappa shape index (κ1) is 16.2. The molecule has 4 aromatic rings. The Morgan fingerprint density at radius 1 is 1.15 bits per heavy atom. The van der Waals surface area contributed by atoms with Gasteiger partial charge in [-0.05, 0) is 30.3 Å². The van der Waals surface area contributed by atoms with Crippen molar-refractivity contribution in [1.29, 1.82) is 0 Å². The minimum absolute atomic E-state index is 0.200. The highest BCUT2D eigenvalue weighted by Crippen LogP contribution is 2.29. The molecule has 4 rings (SSSR count). The maximum atomic E-state index is 12.5. The van der Waals surface area contributed by atoms with Gasteiger partial charge in [0.05, 0.1) is 7.11 Å². The number of para-hydroxylation sites is 1. The molecule has 0 fully saturated rings. The molecule has 26 heavy (non-hydrogen) atoms. The normalized spacial score (nSPS) is 11.4. The summed E-state index contributed by atoms with van der Waals surface area (Å²) in [6.07, 6.45) is 0. The van der Waals surface area contributed by atoms with Crippen molar-refractivity contribution < 1.29 is 18.4 Å². The molecule has 2 heterocycles. The number of oxazole rings is 1. The van der Waals surface area contributed by atoms with Crippen molar-refractivity contribution in [1.82, 2.24) is 4.98 Å². The van der Waals surface area contributed by atoms with Gasteiger partial charge in [0.2, 0.25) is 0 Å². The van der Waals surface area contributed by atoms with Gasteiger partial charge in [0, 0.05) is 17.0 Å². The number of hydrogen-bond acceptors (Lipinski definition) is 5. The van der Waals surface area contributed by atoms with Gasteiger partial charge in [0.25, 0.3) is 5.91 Å². The molecule has 1 N–H and O–H groups in total. The second-order valence-electron chi connectivity index (χ2n) is 6.33. The third-order valence-electron chi connectivity index (χ3n) is 4.11. The fourth-order valence-corrected chi connectivity index (χ4v) is 2.77. The molecule has 0 atom stereocenters. The van der Waals surface area contributed by atoms with Crippen LogP contribution >= 0.6 is 0 Å². The smallest absolute Gasteiger partial charge is 0.291 e. The molecule has 0 unspecified atom stereocenters. The predicted molar refractivity (Wildman–Crippen MR) is 98.8 cm³/mol. The van der Waals surface area contributed by atoms with E-state index in [0.717, 1.165) is 5.39 Å². The highest BCUT2D eigenvalue weighted by atomic mass is 16.5. The van der Waals surface area contributed by atoms with Crippen LogP contribution in [-0.2, 0) is 0 Å². The number of furan rings is 1. The molecule has 6 nitrogen and oxygen atoms in total. The molecule has 0 radical (unpaired) electrons. The minimum atomic E-state index is -0.338. The van der Waals surface area contributed by atoms with Gasteiger partial charge < -0.3 is 18.9 Å². The molecular formula is C20H18N2O4. The van der Waals surface area contributed by atoms with E-state index in [9.17, 15) is 4.79 Å². The Kier molecular flexibility index (Phi) is 3.88. The van der Waals surface area contributed by atoms with E-state index in [1.165, 1.54) is 0 Å². The number of amides is 1. The highest BCUT2D eigenvalue weighted by molar-refractivity contribution is 6.05. The lowest BCUT2D eigenvalue weighted by molar-refractivity contribution is 0.0998. The molecule has 1 amide bonds. The molecule has 132 valence electrons. The second kappa shape index (κ2) is 6.22. The van der Waals surface area contributed by atoms with Gasteiger partial charge in [-0.15, -0.1) is 0 Å². The molecule has 0 aliphatic carbocycles. The maximum absolute atomic E-state index is 12.5. The number of anilines is 1. The van der Waals surface area contributed by atoms with Crippen LogP contribution in [-0.4, -0.2) is 18.0 Å². The fraction of sp³-hybridized carbons (Fsp3) is 0.200. The Hall–Kier alpha value is -3.28. The molecule has 6 heteroatoms. The summed E-state index contributed by atoms with van der Waals surface area (Å²) < 4.78 is 16.6. The van der Waals surface area contributed by atoms with Crippen LogP contribution in [0.4, 0.5) is 5.69 Å². The fourth-order valence-electron chi connectivity index (χ4n) is 2.77. The van der Waals surface area contributed by atoms with Crippen LogP contribution in [0.1, 0.15) is 36.2 Å². The third kappa shape index (κ3) is 2.79. The van der Waals surface area contributed by atoms with Crippen LogP contribution in [0, 0.1) is 0 Å². The summed E-state index contributed by atoms with van der Waals surface area (Å²) in [4.78, 5) is 17.0. The summed E-state index contributed by atoms with van der Waals surface area (Å²) >= 11 is 0. The Labute approximate surface area is 149 Å². The zero-order valence-electron chi connectivity index (χ0n) is 14.7. The van der Waals surface area contributed by atoms with Crippen molar-refractivity contribution in [2.75, 3.05) is 12.4 Å². The lowest BCUT2D eigenvalue weighted by atomic mass is 10.2. The lowest BCUT2D eigenvalue weighted by Gasteiger charge is -2.02. The maximum Gasteiger partial charge on any atom is 0.291 e. The summed E-state index contributed by atoms with van der Waals surface area (Å²) in [5.41, 5.74) is 2.57.